The molecular formula is C14H20N2O4. The van der Waals surface area contributed by atoms with Crippen molar-refractivity contribution in [2.45, 2.75) is 18.4 Å². The summed E-state index contributed by atoms with van der Waals surface area (Å²) < 4.78 is 15.6. The van der Waals surface area contributed by atoms with Gasteiger partial charge in [-0.1, -0.05) is 0 Å². The number of benzene rings is 1. The Morgan fingerprint density at radius 3 is 2.60 bits per heavy atom. The smallest absolute Gasteiger partial charge is 0.244 e. The Morgan fingerprint density at radius 1 is 1.30 bits per heavy atom. The molecule has 3 N–H and O–H groups in total. The molecule has 0 unspecified atom stereocenters. The van der Waals surface area contributed by atoms with E-state index in [9.17, 15) is 4.79 Å². The van der Waals surface area contributed by atoms with Crippen LogP contribution in [0.25, 0.3) is 0 Å². The van der Waals surface area contributed by atoms with Crippen LogP contribution in [0, 0.1) is 0 Å². The zero-order valence-electron chi connectivity index (χ0n) is 11.8. The van der Waals surface area contributed by atoms with Crippen LogP contribution in [-0.4, -0.2) is 38.9 Å². The molecule has 1 fully saturated rings. The number of hydrogen-bond donors (Lipinski definition) is 2. The summed E-state index contributed by atoms with van der Waals surface area (Å²) in [5.74, 6) is 0.973. The predicted octanol–water partition coefficient (Wildman–Crippen LogP) is 1.15. The van der Waals surface area contributed by atoms with Crippen molar-refractivity contribution >= 4 is 11.6 Å². The van der Waals surface area contributed by atoms with Gasteiger partial charge < -0.3 is 25.3 Å². The Morgan fingerprint density at radius 2 is 2.00 bits per heavy atom. The summed E-state index contributed by atoms with van der Waals surface area (Å²) in [7, 11) is 3.11. The van der Waals surface area contributed by atoms with Gasteiger partial charge in [-0.25, -0.2) is 0 Å². The summed E-state index contributed by atoms with van der Waals surface area (Å²) in [6.07, 6.45) is 1.01. The third kappa shape index (κ3) is 3.02. The molecule has 110 valence electrons. The molecular weight excluding hydrogens is 260 g/mol. The van der Waals surface area contributed by atoms with Crippen molar-refractivity contribution in [3.63, 3.8) is 0 Å². The van der Waals surface area contributed by atoms with Crippen LogP contribution >= 0.6 is 0 Å². The molecule has 1 aliphatic heterocycles. The summed E-state index contributed by atoms with van der Waals surface area (Å²) in [5, 5.41) is 2.82. The van der Waals surface area contributed by atoms with Gasteiger partial charge in [-0.3, -0.25) is 4.79 Å². The number of nitrogens with two attached hydrogens (primary N) is 1. The van der Waals surface area contributed by atoms with E-state index in [-0.39, 0.29) is 5.91 Å². The lowest BCUT2D eigenvalue weighted by atomic mass is 9.90. The summed E-state index contributed by atoms with van der Waals surface area (Å²) in [5.41, 5.74) is 5.80. The van der Waals surface area contributed by atoms with E-state index >= 15 is 0 Å². The molecule has 1 saturated heterocycles. The van der Waals surface area contributed by atoms with Crippen LogP contribution < -0.4 is 20.5 Å². The van der Waals surface area contributed by atoms with E-state index in [0.717, 1.165) is 0 Å². The maximum Gasteiger partial charge on any atom is 0.244 e. The Hall–Kier alpha value is -1.79. The van der Waals surface area contributed by atoms with Crippen LogP contribution in [0.3, 0.4) is 0 Å². The molecule has 1 heterocycles. The molecule has 6 nitrogen and oxygen atoms in total. The first kappa shape index (κ1) is 14.6. The van der Waals surface area contributed by atoms with Crippen molar-refractivity contribution in [1.82, 2.24) is 0 Å². The lowest BCUT2D eigenvalue weighted by Crippen LogP contribution is -2.54. The molecule has 1 amide bonds. The lowest BCUT2D eigenvalue weighted by molar-refractivity contribution is -0.124. The Balaban J connectivity index is 2.17. The minimum Gasteiger partial charge on any atom is -0.497 e. The lowest BCUT2D eigenvalue weighted by Gasteiger charge is -2.31. The molecule has 2 rings (SSSR count). The number of carbonyl (C=O) groups is 1. The first-order valence-electron chi connectivity index (χ1n) is 6.49. The Bertz CT molecular complexity index is 484. The molecule has 6 heteroatoms. The predicted molar refractivity (Wildman–Crippen MR) is 75.1 cm³/mol. The van der Waals surface area contributed by atoms with Gasteiger partial charge in [0.15, 0.2) is 0 Å². The van der Waals surface area contributed by atoms with Crippen LogP contribution in [0.15, 0.2) is 18.2 Å². The molecule has 20 heavy (non-hydrogen) atoms. The van der Waals surface area contributed by atoms with E-state index in [4.69, 9.17) is 19.9 Å². The summed E-state index contributed by atoms with van der Waals surface area (Å²) in [6.45, 7) is 0.998. The number of anilines is 1. The van der Waals surface area contributed by atoms with E-state index in [0.29, 0.717) is 43.2 Å². The van der Waals surface area contributed by atoms with Crippen molar-refractivity contribution in [3.05, 3.63) is 18.2 Å². The third-order valence-electron chi connectivity index (χ3n) is 3.49. The highest BCUT2D eigenvalue weighted by atomic mass is 16.5. The van der Waals surface area contributed by atoms with Crippen LogP contribution in [0.1, 0.15) is 12.8 Å². The van der Waals surface area contributed by atoms with E-state index in [1.54, 1.807) is 32.4 Å². The largest absolute Gasteiger partial charge is 0.497 e. The maximum atomic E-state index is 12.4. The van der Waals surface area contributed by atoms with Gasteiger partial charge in [0.2, 0.25) is 5.91 Å². The second-order valence-corrected chi connectivity index (χ2v) is 4.79. The average molecular weight is 280 g/mol. The molecule has 1 aromatic carbocycles. The zero-order valence-corrected chi connectivity index (χ0v) is 11.8. The molecule has 1 aliphatic rings. The van der Waals surface area contributed by atoms with Crippen molar-refractivity contribution in [3.8, 4) is 11.5 Å². The molecule has 0 saturated carbocycles. The van der Waals surface area contributed by atoms with E-state index in [2.05, 4.69) is 5.32 Å². The monoisotopic (exact) mass is 280 g/mol. The average Bonchev–Trinajstić information content (AvgIpc) is 2.47. The van der Waals surface area contributed by atoms with Crippen LogP contribution in [0.2, 0.25) is 0 Å². The van der Waals surface area contributed by atoms with Gasteiger partial charge in [-0.15, -0.1) is 0 Å². The molecule has 0 atom stereocenters. The summed E-state index contributed by atoms with van der Waals surface area (Å²) in [4.78, 5) is 12.4. The molecule has 0 radical (unpaired) electrons. The van der Waals surface area contributed by atoms with E-state index < -0.39 is 5.54 Å². The van der Waals surface area contributed by atoms with Gasteiger partial charge in [-0.2, -0.15) is 0 Å². The fraction of sp³-hybridized carbons (Fsp3) is 0.500. The van der Waals surface area contributed by atoms with Crippen molar-refractivity contribution < 1.29 is 19.0 Å². The fourth-order valence-electron chi connectivity index (χ4n) is 2.12. The third-order valence-corrected chi connectivity index (χ3v) is 3.49. The van der Waals surface area contributed by atoms with Gasteiger partial charge in [0.05, 0.1) is 19.9 Å². The second-order valence-electron chi connectivity index (χ2n) is 4.79. The molecule has 1 aromatic rings. The summed E-state index contributed by atoms with van der Waals surface area (Å²) >= 11 is 0. The normalized spacial score (nSPS) is 17.4. The number of hydrogen-bond acceptors (Lipinski definition) is 5. The van der Waals surface area contributed by atoms with Crippen LogP contribution in [-0.2, 0) is 9.53 Å². The van der Waals surface area contributed by atoms with Crippen molar-refractivity contribution in [1.29, 1.82) is 0 Å². The molecule has 0 aliphatic carbocycles. The van der Waals surface area contributed by atoms with Gasteiger partial charge >= 0.3 is 0 Å². The van der Waals surface area contributed by atoms with Crippen LogP contribution in [0.5, 0.6) is 11.5 Å². The van der Waals surface area contributed by atoms with Crippen molar-refractivity contribution in [2.75, 3.05) is 32.8 Å². The first-order valence-corrected chi connectivity index (χ1v) is 6.49. The van der Waals surface area contributed by atoms with Crippen molar-refractivity contribution in [2.24, 2.45) is 5.73 Å². The molecule has 0 bridgehead atoms. The van der Waals surface area contributed by atoms with E-state index in [1.807, 2.05) is 0 Å². The number of ether oxygens (including phenoxy) is 3. The molecule has 0 spiro atoms. The zero-order chi connectivity index (χ0) is 14.6. The summed E-state index contributed by atoms with van der Waals surface area (Å²) in [6, 6.07) is 5.21. The topological polar surface area (TPSA) is 82.8 Å². The SMILES string of the molecule is COc1ccc(OC)c(NC(=O)C2(N)CCOCC2)c1. The first-order chi connectivity index (χ1) is 9.59. The number of carbonyl (C=O) groups excluding carboxylic acids is 1. The van der Waals surface area contributed by atoms with Gasteiger partial charge in [0, 0.05) is 19.3 Å². The van der Waals surface area contributed by atoms with Gasteiger partial charge in [0.1, 0.15) is 17.0 Å². The van der Waals surface area contributed by atoms with Gasteiger partial charge in [0.25, 0.3) is 0 Å². The highest BCUT2D eigenvalue weighted by Crippen LogP contribution is 2.30. The number of rotatable bonds is 4. The maximum absolute atomic E-state index is 12.4. The second kappa shape index (κ2) is 6.11. The highest BCUT2D eigenvalue weighted by molar-refractivity contribution is 5.99. The quantitative estimate of drug-likeness (QED) is 0.864. The number of nitrogens with one attached hydrogen (secondary N) is 1. The number of amides is 1. The standard InChI is InChI=1S/C14H20N2O4/c1-18-10-3-4-12(19-2)11(9-10)16-13(17)14(15)5-7-20-8-6-14/h3-4,9H,5-8,15H2,1-2H3,(H,16,17). The Kier molecular flexibility index (Phi) is 4.46. The van der Waals surface area contributed by atoms with Gasteiger partial charge in [-0.05, 0) is 25.0 Å². The Labute approximate surface area is 118 Å². The minimum atomic E-state index is -0.896. The highest BCUT2D eigenvalue weighted by Gasteiger charge is 2.36. The number of methoxy groups -OCH3 is 2. The molecule has 0 aromatic heterocycles. The van der Waals surface area contributed by atoms with E-state index in [1.165, 1.54) is 0 Å². The minimum absolute atomic E-state index is 0.229. The fourth-order valence-corrected chi connectivity index (χ4v) is 2.12. The van der Waals surface area contributed by atoms with Crippen LogP contribution in [0.4, 0.5) is 5.69 Å².